The number of hydrogen-bond donors (Lipinski definition) is 1. The molecule has 0 spiro atoms. The number of nitrogen functional groups attached to an aromatic ring is 1. The Labute approximate surface area is 186 Å². The molecule has 1 aliphatic rings. The topological polar surface area (TPSA) is 102 Å². The highest BCUT2D eigenvalue weighted by Gasteiger charge is 2.25. The lowest BCUT2D eigenvalue weighted by Crippen LogP contribution is -2.47. The Hall–Kier alpha value is -3.04. The van der Waals surface area contributed by atoms with Gasteiger partial charge in [0.2, 0.25) is 15.8 Å². The van der Waals surface area contributed by atoms with Gasteiger partial charge in [0.15, 0.2) is 0 Å². The number of halogens is 1. The average molecular weight is 460 g/mol. The molecule has 162 valence electrons. The van der Waals surface area contributed by atoms with E-state index in [-0.39, 0.29) is 15.6 Å². The Morgan fingerprint density at radius 3 is 2.32 bits per heavy atom. The van der Waals surface area contributed by atoms with Crippen LogP contribution in [0.25, 0.3) is 0 Å². The molecule has 0 atom stereocenters. The minimum Gasteiger partial charge on any atom is -0.497 e. The van der Waals surface area contributed by atoms with Crippen LogP contribution in [0.3, 0.4) is 0 Å². The van der Waals surface area contributed by atoms with E-state index < -0.39 is 9.84 Å². The summed E-state index contributed by atoms with van der Waals surface area (Å²) in [7, 11) is -2.32. The second kappa shape index (κ2) is 8.60. The smallest absolute Gasteiger partial charge is 0.227 e. The first kappa shape index (κ1) is 21.2. The van der Waals surface area contributed by atoms with Gasteiger partial charge in [0.1, 0.15) is 16.5 Å². The van der Waals surface area contributed by atoms with Gasteiger partial charge >= 0.3 is 0 Å². The zero-order chi connectivity index (χ0) is 22.0. The highest BCUT2D eigenvalue weighted by Crippen LogP contribution is 2.27. The highest BCUT2D eigenvalue weighted by atomic mass is 35.5. The third-order valence-corrected chi connectivity index (χ3v) is 7.19. The van der Waals surface area contributed by atoms with Crippen molar-refractivity contribution in [2.24, 2.45) is 0 Å². The second-order valence-electron chi connectivity index (χ2n) is 7.05. The van der Waals surface area contributed by atoms with Crippen LogP contribution in [-0.2, 0) is 9.84 Å². The number of aromatic nitrogens is 2. The van der Waals surface area contributed by atoms with Gasteiger partial charge in [0, 0.05) is 36.9 Å². The average Bonchev–Trinajstić information content (AvgIpc) is 2.79. The summed E-state index contributed by atoms with van der Waals surface area (Å²) in [5.41, 5.74) is 7.10. The molecule has 1 aromatic heterocycles. The van der Waals surface area contributed by atoms with Gasteiger partial charge < -0.3 is 20.3 Å². The molecule has 0 saturated carbocycles. The monoisotopic (exact) mass is 459 g/mol. The Morgan fingerprint density at radius 1 is 1.03 bits per heavy atom. The number of anilines is 3. The Kier molecular flexibility index (Phi) is 5.88. The summed E-state index contributed by atoms with van der Waals surface area (Å²) in [6.07, 6.45) is 1.28. The predicted molar refractivity (Wildman–Crippen MR) is 121 cm³/mol. The van der Waals surface area contributed by atoms with Gasteiger partial charge in [-0.15, -0.1) is 0 Å². The molecule has 8 nitrogen and oxygen atoms in total. The molecule has 1 fully saturated rings. The predicted octanol–water partition coefficient (Wildman–Crippen LogP) is 2.88. The van der Waals surface area contributed by atoms with E-state index in [9.17, 15) is 8.42 Å². The maximum Gasteiger partial charge on any atom is 0.227 e. The van der Waals surface area contributed by atoms with Crippen LogP contribution >= 0.6 is 11.6 Å². The van der Waals surface area contributed by atoms with Gasteiger partial charge in [-0.25, -0.2) is 13.4 Å². The van der Waals surface area contributed by atoms with Gasteiger partial charge in [-0.2, -0.15) is 4.98 Å². The minimum absolute atomic E-state index is 0.0712. The fourth-order valence-electron chi connectivity index (χ4n) is 3.45. The largest absolute Gasteiger partial charge is 0.497 e. The summed E-state index contributed by atoms with van der Waals surface area (Å²) < 4.78 is 31.0. The van der Waals surface area contributed by atoms with E-state index in [2.05, 4.69) is 14.9 Å². The Balaban J connectivity index is 1.50. The van der Waals surface area contributed by atoms with Crippen molar-refractivity contribution in [3.63, 3.8) is 0 Å². The van der Waals surface area contributed by atoms with Crippen LogP contribution in [0.5, 0.6) is 5.75 Å². The summed E-state index contributed by atoms with van der Waals surface area (Å²) in [5, 5.41) is 0.699. The van der Waals surface area contributed by atoms with Crippen molar-refractivity contribution in [2.45, 2.75) is 9.79 Å². The fourth-order valence-corrected chi connectivity index (χ4v) is 4.90. The molecule has 3 aromatic rings. The summed E-state index contributed by atoms with van der Waals surface area (Å²) in [6.45, 7) is 2.87. The first-order valence-corrected chi connectivity index (χ1v) is 11.5. The maximum absolute atomic E-state index is 12.9. The van der Waals surface area contributed by atoms with Crippen molar-refractivity contribution in [1.82, 2.24) is 9.97 Å². The number of hydrogen-bond acceptors (Lipinski definition) is 8. The first-order valence-electron chi connectivity index (χ1n) is 9.65. The number of methoxy groups -OCH3 is 1. The molecule has 1 saturated heterocycles. The van der Waals surface area contributed by atoms with Crippen LogP contribution in [0.15, 0.2) is 64.5 Å². The van der Waals surface area contributed by atoms with E-state index >= 15 is 0 Å². The molecular weight excluding hydrogens is 438 g/mol. The van der Waals surface area contributed by atoms with E-state index in [1.807, 2.05) is 29.2 Å². The SMILES string of the molecule is COc1ccc(S(=O)(=O)c2cnc(N3CCN(c4cccc(Cl)c4)CC3)nc2N)cc1. The number of rotatable bonds is 5. The number of sulfone groups is 1. The molecule has 0 aliphatic carbocycles. The van der Waals surface area contributed by atoms with Gasteiger partial charge in [-0.1, -0.05) is 17.7 Å². The van der Waals surface area contributed by atoms with Gasteiger partial charge in [0.25, 0.3) is 0 Å². The second-order valence-corrected chi connectivity index (χ2v) is 9.41. The van der Waals surface area contributed by atoms with E-state index in [0.717, 1.165) is 18.8 Å². The Bertz CT molecular complexity index is 1180. The van der Waals surface area contributed by atoms with Crippen molar-refractivity contribution < 1.29 is 13.2 Å². The lowest BCUT2D eigenvalue weighted by Gasteiger charge is -2.36. The van der Waals surface area contributed by atoms with Crippen LogP contribution in [0.2, 0.25) is 5.02 Å². The van der Waals surface area contributed by atoms with Crippen LogP contribution < -0.4 is 20.3 Å². The van der Waals surface area contributed by atoms with Crippen molar-refractivity contribution in [2.75, 3.05) is 48.8 Å². The van der Waals surface area contributed by atoms with E-state index in [1.54, 1.807) is 12.1 Å². The van der Waals surface area contributed by atoms with Crippen molar-refractivity contribution in [3.8, 4) is 5.75 Å². The molecule has 31 heavy (non-hydrogen) atoms. The standard InChI is InChI=1S/C21H22ClN5O3S/c1-30-17-5-7-18(8-6-17)31(28,29)19-14-24-21(25-20(19)23)27-11-9-26(10-12-27)16-4-2-3-15(22)13-16/h2-8,13-14H,9-12H2,1H3,(H2,23,24,25). The molecule has 1 aliphatic heterocycles. The molecule has 0 unspecified atom stereocenters. The molecule has 2 N–H and O–H groups in total. The molecular formula is C21H22ClN5O3S. The quantitative estimate of drug-likeness (QED) is 0.621. The number of benzene rings is 2. The molecule has 2 aromatic carbocycles. The zero-order valence-electron chi connectivity index (χ0n) is 16.9. The first-order chi connectivity index (χ1) is 14.9. The lowest BCUT2D eigenvalue weighted by atomic mass is 10.2. The van der Waals surface area contributed by atoms with Crippen LogP contribution in [0.1, 0.15) is 0 Å². The van der Waals surface area contributed by atoms with E-state index in [4.69, 9.17) is 22.1 Å². The molecule has 0 amide bonds. The number of piperazine rings is 1. The molecule has 10 heteroatoms. The van der Waals surface area contributed by atoms with Gasteiger partial charge in [-0.05, 0) is 42.5 Å². The van der Waals surface area contributed by atoms with Gasteiger partial charge in [-0.3, -0.25) is 0 Å². The third-order valence-electron chi connectivity index (χ3n) is 5.17. The molecule has 2 heterocycles. The summed E-state index contributed by atoms with van der Waals surface area (Å²) >= 11 is 6.09. The van der Waals surface area contributed by atoms with E-state index in [1.165, 1.54) is 25.4 Å². The number of nitrogens with zero attached hydrogens (tertiary/aromatic N) is 4. The molecule has 0 radical (unpaired) electrons. The number of nitrogens with two attached hydrogens (primary N) is 1. The van der Waals surface area contributed by atoms with Crippen LogP contribution in [0, 0.1) is 0 Å². The van der Waals surface area contributed by atoms with Crippen molar-refractivity contribution >= 4 is 38.9 Å². The zero-order valence-corrected chi connectivity index (χ0v) is 18.5. The third kappa shape index (κ3) is 4.38. The van der Waals surface area contributed by atoms with Gasteiger partial charge in [0.05, 0.1) is 18.2 Å². The van der Waals surface area contributed by atoms with Crippen molar-refractivity contribution in [3.05, 3.63) is 59.8 Å². The summed E-state index contributed by atoms with van der Waals surface area (Å²) in [6, 6.07) is 13.8. The summed E-state index contributed by atoms with van der Waals surface area (Å²) in [4.78, 5) is 12.8. The minimum atomic E-state index is -3.84. The highest BCUT2D eigenvalue weighted by molar-refractivity contribution is 7.91. The maximum atomic E-state index is 12.9. The summed E-state index contributed by atoms with van der Waals surface area (Å²) in [5.74, 6) is 0.908. The Morgan fingerprint density at radius 2 is 1.71 bits per heavy atom. The lowest BCUT2D eigenvalue weighted by molar-refractivity contribution is 0.414. The van der Waals surface area contributed by atoms with Crippen LogP contribution in [-0.4, -0.2) is 51.7 Å². The van der Waals surface area contributed by atoms with Crippen LogP contribution in [0.4, 0.5) is 17.5 Å². The molecule has 0 bridgehead atoms. The normalized spacial score (nSPS) is 14.5. The van der Waals surface area contributed by atoms with E-state index in [0.29, 0.717) is 29.8 Å². The number of ether oxygens (including phenoxy) is 1. The van der Waals surface area contributed by atoms with Crippen molar-refractivity contribution in [1.29, 1.82) is 0 Å². The molecule has 4 rings (SSSR count). The fraction of sp³-hybridized carbons (Fsp3) is 0.238.